The Hall–Kier alpha value is -2.72. The van der Waals surface area contributed by atoms with Crippen molar-refractivity contribution in [3.05, 3.63) is 78.3 Å². The summed E-state index contributed by atoms with van der Waals surface area (Å²) >= 11 is 0. The number of aromatic nitrogens is 2. The lowest BCUT2D eigenvalue weighted by molar-refractivity contribution is 0.926. The Balaban J connectivity index is 2.37. The van der Waals surface area contributed by atoms with E-state index in [9.17, 15) is 0 Å². The molecule has 0 saturated heterocycles. The maximum absolute atomic E-state index is 5.68. The van der Waals surface area contributed by atoms with Gasteiger partial charge in [-0.25, -0.2) is 4.98 Å². The zero-order valence-electron chi connectivity index (χ0n) is 16.5. The summed E-state index contributed by atoms with van der Waals surface area (Å²) in [6.07, 6.45) is 16.4. The number of nitrogens with zero attached hydrogens (tertiary/aromatic N) is 3. The highest BCUT2D eigenvalue weighted by Crippen LogP contribution is 2.22. The number of hydrogen-bond acceptors (Lipinski definition) is 3. The number of imidazole rings is 1. The van der Waals surface area contributed by atoms with Crippen LogP contribution < -0.4 is 5.73 Å². The van der Waals surface area contributed by atoms with Crippen molar-refractivity contribution in [1.82, 2.24) is 9.38 Å². The SMILES string of the molecule is C=CC(C=C)=C(C=NCCC)CCc1cc(/C(C)=C/CN)cn2ccnc12. The molecule has 0 radical (unpaired) electrons. The zero-order chi connectivity index (χ0) is 19.6. The third-order valence-electron chi connectivity index (χ3n) is 4.52. The van der Waals surface area contributed by atoms with Gasteiger partial charge in [0.1, 0.15) is 5.65 Å². The van der Waals surface area contributed by atoms with E-state index in [4.69, 9.17) is 5.73 Å². The molecule has 4 heteroatoms. The van der Waals surface area contributed by atoms with Crippen LogP contribution in [0.5, 0.6) is 0 Å². The quantitative estimate of drug-likeness (QED) is 0.488. The summed E-state index contributed by atoms with van der Waals surface area (Å²) in [5.41, 5.74) is 12.4. The fourth-order valence-corrected chi connectivity index (χ4v) is 3.00. The van der Waals surface area contributed by atoms with Gasteiger partial charge in [-0.05, 0) is 60.1 Å². The molecule has 27 heavy (non-hydrogen) atoms. The summed E-state index contributed by atoms with van der Waals surface area (Å²) in [6, 6.07) is 2.21. The number of fused-ring (bicyclic) bond motifs is 1. The van der Waals surface area contributed by atoms with E-state index >= 15 is 0 Å². The number of aliphatic imine (C=N–C) groups is 1. The molecule has 2 heterocycles. The molecule has 2 N–H and O–H groups in total. The number of pyridine rings is 1. The molecule has 0 bridgehead atoms. The van der Waals surface area contributed by atoms with Gasteiger partial charge in [0.05, 0.1) is 0 Å². The summed E-state index contributed by atoms with van der Waals surface area (Å²) in [6.45, 7) is 13.4. The Morgan fingerprint density at radius 1 is 1.33 bits per heavy atom. The molecule has 0 atom stereocenters. The molecule has 0 saturated carbocycles. The molecule has 0 aliphatic carbocycles. The molecule has 0 spiro atoms. The van der Waals surface area contributed by atoms with Crippen LogP contribution in [0.2, 0.25) is 0 Å². The van der Waals surface area contributed by atoms with Gasteiger partial charge in [-0.3, -0.25) is 4.99 Å². The van der Waals surface area contributed by atoms with Gasteiger partial charge in [-0.1, -0.05) is 38.3 Å². The van der Waals surface area contributed by atoms with Crippen molar-refractivity contribution >= 4 is 17.4 Å². The number of aryl methyl sites for hydroxylation is 1. The molecule has 2 aromatic heterocycles. The summed E-state index contributed by atoms with van der Waals surface area (Å²) < 4.78 is 2.08. The summed E-state index contributed by atoms with van der Waals surface area (Å²) in [5.74, 6) is 0. The van der Waals surface area contributed by atoms with Crippen molar-refractivity contribution in [2.75, 3.05) is 13.1 Å². The van der Waals surface area contributed by atoms with E-state index in [0.29, 0.717) is 6.54 Å². The molecule has 4 nitrogen and oxygen atoms in total. The monoisotopic (exact) mass is 362 g/mol. The van der Waals surface area contributed by atoms with Gasteiger partial charge in [0, 0.05) is 37.9 Å². The smallest absolute Gasteiger partial charge is 0.139 e. The first kappa shape index (κ1) is 20.6. The van der Waals surface area contributed by atoms with Gasteiger partial charge < -0.3 is 10.1 Å². The van der Waals surface area contributed by atoms with Gasteiger partial charge in [0.15, 0.2) is 0 Å². The molecular formula is C23H30N4. The first-order chi connectivity index (χ1) is 13.1. The summed E-state index contributed by atoms with van der Waals surface area (Å²) in [4.78, 5) is 9.05. The average Bonchev–Trinajstić information content (AvgIpc) is 3.15. The largest absolute Gasteiger partial charge is 0.327 e. The van der Waals surface area contributed by atoms with E-state index in [1.165, 1.54) is 16.7 Å². The molecule has 0 aliphatic rings. The number of rotatable bonds is 10. The van der Waals surface area contributed by atoms with E-state index in [1.807, 2.05) is 36.8 Å². The van der Waals surface area contributed by atoms with Crippen molar-refractivity contribution in [3.8, 4) is 0 Å². The molecule has 0 aliphatic heterocycles. The highest BCUT2D eigenvalue weighted by atomic mass is 15.0. The Morgan fingerprint density at radius 3 is 2.78 bits per heavy atom. The molecule has 0 unspecified atom stereocenters. The van der Waals surface area contributed by atoms with Crippen LogP contribution in [0, 0.1) is 0 Å². The maximum Gasteiger partial charge on any atom is 0.139 e. The lowest BCUT2D eigenvalue weighted by Crippen LogP contribution is -2.00. The first-order valence-electron chi connectivity index (χ1n) is 9.45. The molecule has 0 fully saturated rings. The number of allylic oxidation sites excluding steroid dienone is 5. The molecule has 142 valence electrons. The van der Waals surface area contributed by atoms with E-state index in [-0.39, 0.29) is 0 Å². The molecule has 2 aromatic rings. The molecular weight excluding hydrogens is 332 g/mol. The fraction of sp³-hybridized carbons (Fsp3) is 0.304. The van der Waals surface area contributed by atoms with Gasteiger partial charge >= 0.3 is 0 Å². The Labute approximate surface area is 162 Å². The average molecular weight is 363 g/mol. The predicted octanol–water partition coefficient (Wildman–Crippen LogP) is 4.78. The topological polar surface area (TPSA) is 55.7 Å². The Kier molecular flexibility index (Phi) is 7.96. The van der Waals surface area contributed by atoms with Gasteiger partial charge in [-0.2, -0.15) is 0 Å². The molecule has 0 amide bonds. The van der Waals surface area contributed by atoms with Crippen LogP contribution in [-0.4, -0.2) is 28.7 Å². The second kappa shape index (κ2) is 10.4. The lowest BCUT2D eigenvalue weighted by atomic mass is 9.99. The van der Waals surface area contributed by atoms with Crippen LogP contribution in [0.4, 0.5) is 0 Å². The fourth-order valence-electron chi connectivity index (χ4n) is 3.00. The van der Waals surface area contributed by atoms with Crippen LogP contribution in [0.15, 0.2) is 72.2 Å². The van der Waals surface area contributed by atoms with Crippen molar-refractivity contribution in [1.29, 1.82) is 0 Å². The van der Waals surface area contributed by atoms with E-state index in [1.54, 1.807) is 0 Å². The van der Waals surface area contributed by atoms with E-state index < -0.39 is 0 Å². The van der Waals surface area contributed by atoms with E-state index in [0.717, 1.165) is 42.6 Å². The van der Waals surface area contributed by atoms with Crippen molar-refractivity contribution < 1.29 is 0 Å². The standard InChI is InChI=1S/C23H30N4/c1-5-12-25-16-21(19(6-2)7-3)9-8-20-15-22(18(4)10-11-24)17-27-14-13-26-23(20)27/h6-7,10,13-17H,2-3,5,8-9,11-12,24H2,1,4H3/b18-10+,25-16?. The predicted molar refractivity (Wildman–Crippen MR) is 117 cm³/mol. The number of hydrogen-bond donors (Lipinski definition) is 1. The van der Waals surface area contributed by atoms with Crippen LogP contribution in [0.3, 0.4) is 0 Å². The minimum atomic E-state index is 0.534. The van der Waals surface area contributed by atoms with Gasteiger partial charge in [0.2, 0.25) is 0 Å². The third-order valence-corrected chi connectivity index (χ3v) is 4.52. The van der Waals surface area contributed by atoms with Crippen molar-refractivity contribution in [2.45, 2.75) is 33.1 Å². The van der Waals surface area contributed by atoms with Crippen LogP contribution in [-0.2, 0) is 6.42 Å². The minimum Gasteiger partial charge on any atom is -0.327 e. The summed E-state index contributed by atoms with van der Waals surface area (Å²) in [7, 11) is 0. The number of nitrogens with two attached hydrogens (primary N) is 1. The Bertz CT molecular complexity index is 871. The molecule has 2 rings (SSSR count). The Morgan fingerprint density at radius 2 is 2.11 bits per heavy atom. The highest BCUT2D eigenvalue weighted by molar-refractivity contribution is 5.81. The highest BCUT2D eigenvalue weighted by Gasteiger charge is 2.09. The zero-order valence-corrected chi connectivity index (χ0v) is 16.5. The van der Waals surface area contributed by atoms with Gasteiger partial charge in [0.25, 0.3) is 0 Å². The van der Waals surface area contributed by atoms with Crippen LogP contribution in [0.25, 0.3) is 11.2 Å². The van der Waals surface area contributed by atoms with Crippen molar-refractivity contribution in [2.24, 2.45) is 10.7 Å². The third kappa shape index (κ3) is 5.38. The second-order valence-electron chi connectivity index (χ2n) is 6.46. The van der Waals surface area contributed by atoms with Gasteiger partial charge in [-0.15, -0.1) is 0 Å². The van der Waals surface area contributed by atoms with Crippen LogP contribution in [0.1, 0.15) is 37.8 Å². The van der Waals surface area contributed by atoms with Crippen molar-refractivity contribution in [3.63, 3.8) is 0 Å². The van der Waals surface area contributed by atoms with E-state index in [2.05, 4.69) is 53.6 Å². The first-order valence-corrected chi connectivity index (χ1v) is 9.45. The lowest BCUT2D eigenvalue weighted by Gasteiger charge is -2.11. The second-order valence-corrected chi connectivity index (χ2v) is 6.46. The normalized spacial score (nSPS) is 11.9. The van der Waals surface area contributed by atoms with Crippen LogP contribution >= 0.6 is 0 Å². The minimum absolute atomic E-state index is 0.534. The maximum atomic E-state index is 5.68. The summed E-state index contributed by atoms with van der Waals surface area (Å²) in [5, 5.41) is 0. The molecule has 0 aromatic carbocycles.